The summed E-state index contributed by atoms with van der Waals surface area (Å²) >= 11 is 0. The largest absolute Gasteiger partial charge is 0.370 e. The van der Waals surface area contributed by atoms with Crippen LogP contribution in [-0.2, 0) is 14.3 Å². The maximum atomic E-state index is 12.7. The van der Waals surface area contributed by atoms with Crippen LogP contribution in [0, 0.1) is 6.92 Å². The van der Waals surface area contributed by atoms with Gasteiger partial charge in [-0.05, 0) is 25.0 Å². The minimum absolute atomic E-state index is 0.0575. The molecule has 2 heterocycles. The molecule has 2 aliphatic heterocycles. The molecule has 0 radical (unpaired) electrons. The van der Waals surface area contributed by atoms with Gasteiger partial charge in [-0.15, -0.1) is 0 Å². The number of nitrogens with zero attached hydrogens (tertiary/aromatic N) is 1. The van der Waals surface area contributed by atoms with Crippen molar-refractivity contribution in [3.8, 4) is 0 Å². The molecule has 1 amide bonds. The summed E-state index contributed by atoms with van der Waals surface area (Å²) in [4.78, 5) is 14.6. The third-order valence-corrected chi connectivity index (χ3v) is 4.45. The van der Waals surface area contributed by atoms with Crippen LogP contribution in [0.3, 0.4) is 0 Å². The zero-order valence-electron chi connectivity index (χ0n) is 13.2. The van der Waals surface area contributed by atoms with Crippen molar-refractivity contribution in [1.29, 1.82) is 0 Å². The summed E-state index contributed by atoms with van der Waals surface area (Å²) in [6, 6.07) is 8.28. The van der Waals surface area contributed by atoms with Crippen molar-refractivity contribution < 1.29 is 14.3 Å². The van der Waals surface area contributed by atoms with Crippen LogP contribution in [0.5, 0.6) is 0 Å². The number of amides is 1. The van der Waals surface area contributed by atoms with Crippen molar-refractivity contribution in [3.05, 3.63) is 35.4 Å². The van der Waals surface area contributed by atoms with E-state index in [4.69, 9.17) is 9.47 Å². The van der Waals surface area contributed by atoms with Gasteiger partial charge in [0.15, 0.2) is 0 Å². The minimum Gasteiger partial charge on any atom is -0.370 e. The third-order valence-electron chi connectivity index (χ3n) is 4.45. The van der Waals surface area contributed by atoms with E-state index in [0.29, 0.717) is 26.3 Å². The van der Waals surface area contributed by atoms with Crippen LogP contribution in [0.25, 0.3) is 0 Å². The number of hydrogen-bond donors (Lipinski definition) is 1. The van der Waals surface area contributed by atoms with E-state index in [1.807, 2.05) is 24.0 Å². The molecule has 2 aliphatic rings. The van der Waals surface area contributed by atoms with E-state index in [2.05, 4.69) is 24.4 Å². The Kier molecular flexibility index (Phi) is 4.76. The number of aryl methyl sites for hydroxylation is 1. The Morgan fingerprint density at radius 1 is 1.32 bits per heavy atom. The lowest BCUT2D eigenvalue weighted by atomic mass is 10.0. The highest BCUT2D eigenvalue weighted by atomic mass is 16.5. The third kappa shape index (κ3) is 3.16. The molecule has 5 heteroatoms. The number of morpholine rings is 2. The first-order valence-electron chi connectivity index (χ1n) is 7.96. The number of benzene rings is 1. The van der Waals surface area contributed by atoms with Gasteiger partial charge in [-0.2, -0.15) is 0 Å². The second-order valence-electron chi connectivity index (χ2n) is 6.08. The Morgan fingerprint density at radius 2 is 2.14 bits per heavy atom. The first kappa shape index (κ1) is 15.5. The molecule has 0 bridgehead atoms. The topological polar surface area (TPSA) is 50.8 Å². The highest BCUT2D eigenvalue weighted by Gasteiger charge is 2.35. The number of carbonyl (C=O) groups excluding carboxylic acids is 1. The molecular weight excluding hydrogens is 280 g/mol. The van der Waals surface area contributed by atoms with Crippen molar-refractivity contribution in [2.24, 2.45) is 0 Å². The predicted octanol–water partition coefficient (Wildman–Crippen LogP) is 1.27. The molecule has 1 aromatic carbocycles. The normalized spacial score (nSPS) is 29.4. The summed E-state index contributed by atoms with van der Waals surface area (Å²) in [5, 5.41) is 3.22. The average molecular weight is 304 g/mol. The van der Waals surface area contributed by atoms with Gasteiger partial charge in [0.25, 0.3) is 5.91 Å². The van der Waals surface area contributed by atoms with Crippen molar-refractivity contribution >= 4 is 5.91 Å². The standard InChI is InChI=1S/C17H24N2O3/c1-12-5-3-4-6-14(12)16-10-19(13(2)11-22-16)17(20)15-9-18-7-8-21-15/h3-6,13,15-16,18H,7-11H2,1-2H3/t13-,15-,16+/m1/s1. The second-order valence-corrected chi connectivity index (χ2v) is 6.08. The lowest BCUT2D eigenvalue weighted by Gasteiger charge is -2.40. The van der Waals surface area contributed by atoms with Crippen molar-refractivity contribution in [2.75, 3.05) is 32.8 Å². The van der Waals surface area contributed by atoms with E-state index in [0.717, 1.165) is 12.1 Å². The molecular formula is C17H24N2O3. The smallest absolute Gasteiger partial charge is 0.253 e. The molecule has 22 heavy (non-hydrogen) atoms. The van der Waals surface area contributed by atoms with Crippen LogP contribution >= 0.6 is 0 Å². The fourth-order valence-electron chi connectivity index (χ4n) is 3.11. The molecule has 0 unspecified atom stereocenters. The van der Waals surface area contributed by atoms with E-state index in [-0.39, 0.29) is 24.2 Å². The van der Waals surface area contributed by atoms with Gasteiger partial charge in [0, 0.05) is 13.1 Å². The van der Waals surface area contributed by atoms with Crippen LogP contribution in [0.2, 0.25) is 0 Å². The maximum absolute atomic E-state index is 12.7. The molecule has 3 rings (SSSR count). The highest BCUT2D eigenvalue weighted by molar-refractivity contribution is 5.81. The van der Waals surface area contributed by atoms with Gasteiger partial charge in [0.2, 0.25) is 0 Å². The van der Waals surface area contributed by atoms with Crippen LogP contribution < -0.4 is 5.32 Å². The monoisotopic (exact) mass is 304 g/mol. The number of nitrogens with one attached hydrogen (secondary N) is 1. The molecule has 1 aromatic rings. The van der Waals surface area contributed by atoms with E-state index in [1.165, 1.54) is 5.56 Å². The Balaban J connectivity index is 1.73. The number of rotatable bonds is 2. The average Bonchev–Trinajstić information content (AvgIpc) is 2.56. The lowest BCUT2D eigenvalue weighted by Crippen LogP contribution is -2.55. The van der Waals surface area contributed by atoms with Crippen LogP contribution in [0.4, 0.5) is 0 Å². The predicted molar refractivity (Wildman–Crippen MR) is 83.7 cm³/mol. The Labute approximate surface area is 131 Å². The first-order valence-corrected chi connectivity index (χ1v) is 7.96. The molecule has 120 valence electrons. The van der Waals surface area contributed by atoms with E-state index >= 15 is 0 Å². The van der Waals surface area contributed by atoms with Gasteiger partial charge in [-0.25, -0.2) is 0 Å². The molecule has 1 N–H and O–H groups in total. The summed E-state index contributed by atoms with van der Waals surface area (Å²) in [6.45, 7) is 7.26. The Bertz CT molecular complexity index is 528. The SMILES string of the molecule is Cc1ccccc1[C@@H]1CN(C(=O)[C@H]2CNCCO2)[C@H](C)CO1. The zero-order valence-corrected chi connectivity index (χ0v) is 13.2. The summed E-state index contributed by atoms with van der Waals surface area (Å²) < 4.78 is 11.6. The van der Waals surface area contributed by atoms with Gasteiger partial charge in [0.1, 0.15) is 12.2 Å². The van der Waals surface area contributed by atoms with E-state index < -0.39 is 0 Å². The first-order chi connectivity index (χ1) is 10.7. The summed E-state index contributed by atoms with van der Waals surface area (Å²) in [5.41, 5.74) is 2.36. The Morgan fingerprint density at radius 3 is 2.86 bits per heavy atom. The minimum atomic E-state index is -0.369. The fourth-order valence-corrected chi connectivity index (χ4v) is 3.11. The van der Waals surface area contributed by atoms with E-state index in [1.54, 1.807) is 0 Å². The quantitative estimate of drug-likeness (QED) is 0.894. The molecule has 2 fully saturated rings. The van der Waals surface area contributed by atoms with E-state index in [9.17, 15) is 4.79 Å². The van der Waals surface area contributed by atoms with Crippen LogP contribution in [-0.4, -0.2) is 55.8 Å². The number of carbonyl (C=O) groups is 1. The molecule has 2 saturated heterocycles. The lowest BCUT2D eigenvalue weighted by molar-refractivity contribution is -0.158. The fraction of sp³-hybridized carbons (Fsp3) is 0.588. The van der Waals surface area contributed by atoms with Crippen LogP contribution in [0.15, 0.2) is 24.3 Å². The summed E-state index contributed by atoms with van der Waals surface area (Å²) in [5.74, 6) is 0.0709. The van der Waals surface area contributed by atoms with Gasteiger partial charge >= 0.3 is 0 Å². The molecule has 3 atom stereocenters. The van der Waals surface area contributed by atoms with Crippen molar-refractivity contribution in [1.82, 2.24) is 10.2 Å². The number of hydrogen-bond acceptors (Lipinski definition) is 4. The summed E-state index contributed by atoms with van der Waals surface area (Å²) in [7, 11) is 0. The van der Waals surface area contributed by atoms with Gasteiger partial charge < -0.3 is 19.7 Å². The molecule has 0 saturated carbocycles. The highest BCUT2D eigenvalue weighted by Crippen LogP contribution is 2.27. The zero-order chi connectivity index (χ0) is 15.5. The summed E-state index contributed by atoms with van der Waals surface area (Å²) in [6.07, 6.45) is -0.426. The molecule has 0 aromatic heterocycles. The van der Waals surface area contributed by atoms with Crippen LogP contribution in [0.1, 0.15) is 24.2 Å². The van der Waals surface area contributed by atoms with Gasteiger partial charge in [0.05, 0.1) is 25.8 Å². The van der Waals surface area contributed by atoms with Crippen molar-refractivity contribution in [2.45, 2.75) is 32.1 Å². The number of ether oxygens (including phenoxy) is 2. The maximum Gasteiger partial charge on any atom is 0.253 e. The molecule has 0 spiro atoms. The Hall–Kier alpha value is -1.43. The van der Waals surface area contributed by atoms with Gasteiger partial charge in [-0.3, -0.25) is 4.79 Å². The molecule has 0 aliphatic carbocycles. The second kappa shape index (κ2) is 6.77. The molecule has 5 nitrogen and oxygen atoms in total. The van der Waals surface area contributed by atoms with Gasteiger partial charge in [-0.1, -0.05) is 24.3 Å². The van der Waals surface area contributed by atoms with Crippen molar-refractivity contribution in [3.63, 3.8) is 0 Å².